The zero-order valence-corrected chi connectivity index (χ0v) is 14.6. The molecule has 4 rings (SSSR count). The maximum atomic E-state index is 13.7. The van der Waals surface area contributed by atoms with Crippen LogP contribution < -0.4 is 9.05 Å². The molecule has 1 aliphatic heterocycles. The maximum Gasteiger partial charge on any atom is 0.463 e. The molecule has 0 fully saturated rings. The Kier molecular flexibility index (Phi) is 4.08. The summed E-state index contributed by atoms with van der Waals surface area (Å²) in [5.74, 6) is 0.985. The molecule has 26 heavy (non-hydrogen) atoms. The minimum Gasteiger partial charge on any atom is -0.413 e. The van der Waals surface area contributed by atoms with Crippen molar-refractivity contribution in [3.05, 3.63) is 95.6 Å². The van der Waals surface area contributed by atoms with Gasteiger partial charge in [-0.15, -0.1) is 0 Å². The van der Waals surface area contributed by atoms with Crippen molar-refractivity contribution >= 4 is 19.0 Å². The van der Waals surface area contributed by atoms with Crippen molar-refractivity contribution in [2.24, 2.45) is 0 Å². The van der Waals surface area contributed by atoms with Crippen molar-refractivity contribution in [1.29, 1.82) is 5.26 Å². The van der Waals surface area contributed by atoms with Gasteiger partial charge in [-0.05, 0) is 42.0 Å². The van der Waals surface area contributed by atoms with Gasteiger partial charge >= 0.3 is 7.60 Å². The van der Waals surface area contributed by atoms with Crippen molar-refractivity contribution in [2.45, 2.75) is 0 Å². The molecule has 1 unspecified atom stereocenters. The summed E-state index contributed by atoms with van der Waals surface area (Å²) in [4.78, 5) is 0. The first-order valence-corrected chi connectivity index (χ1v) is 9.58. The average molecular weight is 359 g/mol. The van der Waals surface area contributed by atoms with Gasteiger partial charge in [0.15, 0.2) is 0 Å². The summed E-state index contributed by atoms with van der Waals surface area (Å²) in [5, 5.41) is 9.46. The molecule has 0 saturated heterocycles. The number of nitriles is 1. The molecule has 3 aromatic rings. The Balaban J connectivity index is 1.83. The van der Waals surface area contributed by atoms with E-state index < -0.39 is 7.60 Å². The van der Waals surface area contributed by atoms with Crippen LogP contribution in [0.4, 0.5) is 0 Å². The lowest BCUT2D eigenvalue weighted by molar-refractivity contribution is 0.399. The van der Waals surface area contributed by atoms with E-state index in [0.29, 0.717) is 27.9 Å². The van der Waals surface area contributed by atoms with Gasteiger partial charge in [0.05, 0.1) is 16.9 Å². The number of para-hydroxylation sites is 2. The van der Waals surface area contributed by atoms with Crippen LogP contribution in [0, 0.1) is 11.3 Å². The van der Waals surface area contributed by atoms with Crippen molar-refractivity contribution in [3.63, 3.8) is 0 Å². The van der Waals surface area contributed by atoms with E-state index >= 15 is 0 Å². The Morgan fingerprint density at radius 2 is 1.58 bits per heavy atom. The highest BCUT2D eigenvalue weighted by atomic mass is 31.2. The molecule has 0 aliphatic carbocycles. The topological polar surface area (TPSA) is 59.3 Å². The van der Waals surface area contributed by atoms with E-state index in [-0.39, 0.29) is 0 Å². The summed E-state index contributed by atoms with van der Waals surface area (Å²) in [7, 11) is -3.65. The SMILES string of the molecule is N#Cc1ccc(C2=Cc3ccccc3OP2(=O)Oc2ccccc2)cc1. The summed E-state index contributed by atoms with van der Waals surface area (Å²) in [5.41, 5.74) is 2.05. The molecule has 0 saturated carbocycles. The summed E-state index contributed by atoms with van der Waals surface area (Å²) < 4.78 is 25.3. The van der Waals surface area contributed by atoms with Crippen LogP contribution in [-0.2, 0) is 4.57 Å². The van der Waals surface area contributed by atoms with Crippen LogP contribution in [0.2, 0.25) is 0 Å². The third-order valence-corrected chi connectivity index (χ3v) is 5.87. The van der Waals surface area contributed by atoms with E-state index in [1.54, 1.807) is 42.5 Å². The second-order valence-corrected chi connectivity index (χ2v) is 7.59. The highest BCUT2D eigenvalue weighted by Gasteiger charge is 2.38. The molecular formula is C21H14NO3P. The van der Waals surface area contributed by atoms with E-state index in [2.05, 4.69) is 6.07 Å². The number of hydrogen-bond donors (Lipinski definition) is 0. The van der Waals surface area contributed by atoms with Gasteiger partial charge in [0.25, 0.3) is 0 Å². The molecule has 0 bridgehead atoms. The van der Waals surface area contributed by atoms with Crippen LogP contribution in [-0.4, -0.2) is 0 Å². The molecule has 0 amide bonds. The molecule has 1 aliphatic rings. The highest BCUT2D eigenvalue weighted by molar-refractivity contribution is 7.66. The third-order valence-electron chi connectivity index (χ3n) is 4.00. The van der Waals surface area contributed by atoms with Gasteiger partial charge in [0, 0.05) is 5.56 Å². The van der Waals surface area contributed by atoms with Crippen LogP contribution in [0.3, 0.4) is 0 Å². The maximum absolute atomic E-state index is 13.7. The minimum atomic E-state index is -3.65. The lowest BCUT2D eigenvalue weighted by Gasteiger charge is -2.27. The van der Waals surface area contributed by atoms with Gasteiger partial charge in [0.2, 0.25) is 0 Å². The van der Waals surface area contributed by atoms with Crippen molar-refractivity contribution in [3.8, 4) is 17.6 Å². The zero-order chi connectivity index (χ0) is 18.0. The van der Waals surface area contributed by atoms with E-state index in [9.17, 15) is 4.57 Å². The number of hydrogen-bond acceptors (Lipinski definition) is 4. The second kappa shape index (κ2) is 6.55. The minimum absolute atomic E-state index is 0.463. The molecule has 0 spiro atoms. The summed E-state index contributed by atoms with van der Waals surface area (Å²) in [6.07, 6.45) is 1.82. The fraction of sp³-hybridized carbons (Fsp3) is 0. The Morgan fingerprint density at radius 3 is 2.31 bits per heavy atom. The second-order valence-electron chi connectivity index (χ2n) is 5.75. The number of rotatable bonds is 3. The highest BCUT2D eigenvalue weighted by Crippen LogP contribution is 2.63. The molecular weight excluding hydrogens is 345 g/mol. The van der Waals surface area contributed by atoms with Gasteiger partial charge in [0.1, 0.15) is 11.5 Å². The van der Waals surface area contributed by atoms with Crippen molar-refractivity contribution < 1.29 is 13.6 Å². The van der Waals surface area contributed by atoms with Gasteiger partial charge in [-0.2, -0.15) is 5.26 Å². The monoisotopic (exact) mass is 359 g/mol. The quantitative estimate of drug-likeness (QED) is 0.561. The van der Waals surface area contributed by atoms with Crippen LogP contribution >= 0.6 is 7.60 Å². The van der Waals surface area contributed by atoms with Crippen LogP contribution in [0.1, 0.15) is 16.7 Å². The van der Waals surface area contributed by atoms with E-state index in [1.807, 2.05) is 42.5 Å². The molecule has 1 heterocycles. The molecule has 0 radical (unpaired) electrons. The fourth-order valence-corrected chi connectivity index (χ4v) is 4.55. The number of fused-ring (bicyclic) bond motifs is 1. The van der Waals surface area contributed by atoms with Gasteiger partial charge < -0.3 is 9.05 Å². The van der Waals surface area contributed by atoms with E-state index in [1.165, 1.54) is 0 Å². The average Bonchev–Trinajstić information content (AvgIpc) is 2.68. The zero-order valence-electron chi connectivity index (χ0n) is 13.7. The molecule has 4 nitrogen and oxygen atoms in total. The van der Waals surface area contributed by atoms with Crippen LogP contribution in [0.15, 0.2) is 78.9 Å². The lowest BCUT2D eigenvalue weighted by Crippen LogP contribution is -2.08. The summed E-state index contributed by atoms with van der Waals surface area (Å²) in [6, 6.07) is 25.3. The normalized spacial score (nSPS) is 18.0. The van der Waals surface area contributed by atoms with Gasteiger partial charge in [-0.25, -0.2) is 4.57 Å². The Hall–Kier alpha value is -3.28. The molecule has 5 heteroatoms. The predicted octanol–water partition coefficient (Wildman–Crippen LogP) is 5.72. The van der Waals surface area contributed by atoms with Crippen molar-refractivity contribution in [2.75, 3.05) is 0 Å². The molecule has 1 atom stereocenters. The smallest absolute Gasteiger partial charge is 0.413 e. The third kappa shape index (κ3) is 3.01. The molecule has 0 aromatic heterocycles. The largest absolute Gasteiger partial charge is 0.463 e. The Bertz CT molecular complexity index is 1070. The predicted molar refractivity (Wildman–Crippen MR) is 101 cm³/mol. The molecule has 3 aromatic carbocycles. The Labute approximate surface area is 151 Å². The first kappa shape index (κ1) is 16.2. The lowest BCUT2D eigenvalue weighted by atomic mass is 10.1. The van der Waals surface area contributed by atoms with E-state index in [0.717, 1.165) is 5.56 Å². The van der Waals surface area contributed by atoms with Crippen LogP contribution in [0.5, 0.6) is 11.5 Å². The standard InChI is InChI=1S/C21H14NO3P/c22-15-16-10-12-17(13-11-16)21-14-18-6-4-5-9-20(18)25-26(21,23)24-19-7-2-1-3-8-19/h1-14H. The molecule has 126 valence electrons. The van der Waals surface area contributed by atoms with Gasteiger partial charge in [-0.3, -0.25) is 0 Å². The fourth-order valence-electron chi connectivity index (χ4n) is 2.73. The van der Waals surface area contributed by atoms with Crippen LogP contribution in [0.25, 0.3) is 11.4 Å². The van der Waals surface area contributed by atoms with Gasteiger partial charge in [-0.1, -0.05) is 48.5 Å². The first-order valence-electron chi connectivity index (χ1n) is 8.04. The number of benzene rings is 3. The van der Waals surface area contributed by atoms with Crippen molar-refractivity contribution in [1.82, 2.24) is 0 Å². The first-order chi connectivity index (χ1) is 12.7. The summed E-state index contributed by atoms with van der Waals surface area (Å²) in [6.45, 7) is 0. The Morgan fingerprint density at radius 1 is 0.885 bits per heavy atom. The van der Waals surface area contributed by atoms with E-state index in [4.69, 9.17) is 14.3 Å². The molecule has 0 N–H and O–H groups in total. The summed E-state index contributed by atoms with van der Waals surface area (Å²) >= 11 is 0. The number of nitrogens with zero attached hydrogens (tertiary/aromatic N) is 1.